The van der Waals surface area contributed by atoms with Gasteiger partial charge in [0.2, 0.25) is 11.8 Å². The molecule has 4 nitrogen and oxygen atoms in total. The predicted molar refractivity (Wildman–Crippen MR) is 94.1 cm³/mol. The summed E-state index contributed by atoms with van der Waals surface area (Å²) < 4.78 is 13.3. The lowest BCUT2D eigenvalue weighted by atomic mass is 10.0. The number of hydrogen-bond donors (Lipinski definition) is 1. The number of halogens is 1. The number of rotatable bonds is 3. The van der Waals surface area contributed by atoms with Crippen LogP contribution in [0.4, 0.5) is 15.8 Å². The smallest absolute Gasteiger partial charge is 0.228 e. The Bertz CT molecular complexity index is 865. The van der Waals surface area contributed by atoms with Gasteiger partial charge in [0.1, 0.15) is 5.82 Å². The minimum absolute atomic E-state index is 0.0329. The number of anilines is 2. The Morgan fingerprint density at radius 2 is 2.04 bits per heavy atom. The number of nitrogens with zero attached hydrogens (tertiary/aromatic N) is 1. The van der Waals surface area contributed by atoms with Crippen LogP contribution in [0.2, 0.25) is 0 Å². The van der Waals surface area contributed by atoms with Gasteiger partial charge in [0, 0.05) is 30.8 Å². The number of amides is 2. The first kappa shape index (κ1) is 15.8. The average Bonchev–Trinajstić information content (AvgIpc) is 3.39. The van der Waals surface area contributed by atoms with Gasteiger partial charge in [0.15, 0.2) is 0 Å². The predicted octanol–water partition coefficient (Wildman–Crippen LogP) is 3.48. The molecule has 2 aromatic rings. The van der Waals surface area contributed by atoms with E-state index in [1.165, 1.54) is 12.1 Å². The first-order valence-corrected chi connectivity index (χ1v) is 8.49. The zero-order valence-corrected chi connectivity index (χ0v) is 14.0. The van der Waals surface area contributed by atoms with Crippen LogP contribution in [-0.4, -0.2) is 18.9 Å². The van der Waals surface area contributed by atoms with Crippen LogP contribution in [0.1, 0.15) is 29.9 Å². The number of benzene rings is 2. The molecule has 128 valence electrons. The van der Waals surface area contributed by atoms with E-state index in [1.54, 1.807) is 18.0 Å². The SMILES string of the molecule is CN1C(=O)CCc2cc(NC(=O)[C@H]3C[C@@H]3c3cccc(F)c3)ccc21. The summed E-state index contributed by atoms with van der Waals surface area (Å²) in [6, 6.07) is 12.1. The summed E-state index contributed by atoms with van der Waals surface area (Å²) in [6.07, 6.45) is 1.93. The molecule has 0 radical (unpaired) electrons. The van der Waals surface area contributed by atoms with Crippen LogP contribution >= 0.6 is 0 Å². The van der Waals surface area contributed by atoms with E-state index in [1.807, 2.05) is 24.3 Å². The fourth-order valence-electron chi connectivity index (χ4n) is 3.56. The molecule has 1 N–H and O–H groups in total. The highest BCUT2D eigenvalue weighted by atomic mass is 19.1. The van der Waals surface area contributed by atoms with Gasteiger partial charge in [-0.05, 0) is 60.2 Å². The number of aryl methyl sites for hydroxylation is 1. The maximum absolute atomic E-state index is 13.3. The maximum Gasteiger partial charge on any atom is 0.228 e. The molecule has 1 aliphatic carbocycles. The molecule has 0 unspecified atom stereocenters. The highest BCUT2D eigenvalue weighted by Gasteiger charge is 2.44. The van der Waals surface area contributed by atoms with Gasteiger partial charge in [0.25, 0.3) is 0 Å². The lowest BCUT2D eigenvalue weighted by Gasteiger charge is -2.26. The van der Waals surface area contributed by atoms with Crippen molar-refractivity contribution in [1.82, 2.24) is 0 Å². The molecule has 1 aliphatic heterocycles. The summed E-state index contributed by atoms with van der Waals surface area (Å²) in [5.74, 6) is -0.203. The van der Waals surface area contributed by atoms with Gasteiger partial charge in [-0.3, -0.25) is 9.59 Å². The average molecular weight is 338 g/mol. The summed E-state index contributed by atoms with van der Waals surface area (Å²) in [4.78, 5) is 25.9. The first-order valence-electron chi connectivity index (χ1n) is 8.49. The molecule has 4 rings (SSSR count). The van der Waals surface area contributed by atoms with E-state index in [9.17, 15) is 14.0 Å². The zero-order valence-electron chi connectivity index (χ0n) is 14.0. The molecule has 1 heterocycles. The molecule has 0 bridgehead atoms. The molecule has 2 aliphatic rings. The Morgan fingerprint density at radius 1 is 1.20 bits per heavy atom. The normalized spacial score (nSPS) is 21.7. The molecular weight excluding hydrogens is 319 g/mol. The minimum Gasteiger partial charge on any atom is -0.326 e. The fraction of sp³-hybridized carbons (Fsp3) is 0.300. The third-order valence-electron chi connectivity index (χ3n) is 5.09. The monoisotopic (exact) mass is 338 g/mol. The number of fused-ring (bicyclic) bond motifs is 1. The van der Waals surface area contributed by atoms with E-state index < -0.39 is 0 Å². The quantitative estimate of drug-likeness (QED) is 0.931. The molecule has 0 saturated heterocycles. The Kier molecular flexibility index (Phi) is 3.79. The molecule has 1 fully saturated rings. The fourth-order valence-corrected chi connectivity index (χ4v) is 3.56. The zero-order chi connectivity index (χ0) is 17.6. The number of hydrogen-bond acceptors (Lipinski definition) is 2. The van der Waals surface area contributed by atoms with Crippen LogP contribution in [0.3, 0.4) is 0 Å². The van der Waals surface area contributed by atoms with Crippen molar-refractivity contribution in [2.24, 2.45) is 5.92 Å². The van der Waals surface area contributed by atoms with Crippen LogP contribution in [0.5, 0.6) is 0 Å². The highest BCUT2D eigenvalue weighted by molar-refractivity contribution is 5.98. The second-order valence-corrected chi connectivity index (χ2v) is 6.79. The molecule has 2 aromatic carbocycles. The van der Waals surface area contributed by atoms with Crippen molar-refractivity contribution in [2.75, 3.05) is 17.3 Å². The van der Waals surface area contributed by atoms with Crippen molar-refractivity contribution in [3.05, 3.63) is 59.4 Å². The molecule has 1 saturated carbocycles. The van der Waals surface area contributed by atoms with Crippen molar-refractivity contribution in [3.63, 3.8) is 0 Å². The summed E-state index contributed by atoms with van der Waals surface area (Å²) in [5.41, 5.74) is 3.60. The van der Waals surface area contributed by atoms with Crippen LogP contribution in [0.25, 0.3) is 0 Å². The standard InChI is InChI=1S/C20H19FN2O2/c1-23-18-7-6-15(10-13(18)5-8-19(23)24)22-20(25)17-11-16(17)12-3-2-4-14(21)9-12/h2-4,6-7,9-10,16-17H,5,8,11H2,1H3,(H,22,25)/t16-,17+/m1/s1. The summed E-state index contributed by atoms with van der Waals surface area (Å²) in [7, 11) is 1.77. The van der Waals surface area contributed by atoms with Crippen molar-refractivity contribution in [3.8, 4) is 0 Å². The molecule has 2 atom stereocenters. The van der Waals surface area contributed by atoms with E-state index in [4.69, 9.17) is 0 Å². The highest BCUT2D eigenvalue weighted by Crippen LogP contribution is 2.48. The van der Waals surface area contributed by atoms with Crippen molar-refractivity contribution in [1.29, 1.82) is 0 Å². The van der Waals surface area contributed by atoms with Crippen LogP contribution < -0.4 is 10.2 Å². The molecular formula is C20H19FN2O2. The largest absolute Gasteiger partial charge is 0.326 e. The first-order chi connectivity index (χ1) is 12.0. The van der Waals surface area contributed by atoms with Gasteiger partial charge >= 0.3 is 0 Å². The third-order valence-corrected chi connectivity index (χ3v) is 5.09. The number of nitrogens with one attached hydrogen (secondary N) is 1. The molecule has 0 aromatic heterocycles. The third kappa shape index (κ3) is 3.02. The van der Waals surface area contributed by atoms with Crippen molar-refractivity contribution >= 4 is 23.2 Å². The molecule has 5 heteroatoms. The number of carbonyl (C=O) groups excluding carboxylic acids is 2. The Morgan fingerprint density at radius 3 is 2.84 bits per heavy atom. The van der Waals surface area contributed by atoms with E-state index in [0.717, 1.165) is 28.9 Å². The van der Waals surface area contributed by atoms with E-state index in [0.29, 0.717) is 12.8 Å². The van der Waals surface area contributed by atoms with Gasteiger partial charge in [-0.15, -0.1) is 0 Å². The second kappa shape index (κ2) is 5.99. The lowest BCUT2D eigenvalue weighted by Crippen LogP contribution is -2.31. The van der Waals surface area contributed by atoms with Gasteiger partial charge < -0.3 is 10.2 Å². The van der Waals surface area contributed by atoms with Crippen molar-refractivity contribution < 1.29 is 14.0 Å². The lowest BCUT2D eigenvalue weighted by molar-refractivity contribution is -0.119. The van der Waals surface area contributed by atoms with Crippen LogP contribution in [-0.2, 0) is 16.0 Å². The Labute approximate surface area is 145 Å². The van der Waals surface area contributed by atoms with Crippen molar-refractivity contribution in [2.45, 2.75) is 25.2 Å². The van der Waals surface area contributed by atoms with Gasteiger partial charge in [-0.2, -0.15) is 0 Å². The molecule has 25 heavy (non-hydrogen) atoms. The maximum atomic E-state index is 13.3. The summed E-state index contributed by atoms with van der Waals surface area (Å²) >= 11 is 0. The minimum atomic E-state index is -0.267. The van der Waals surface area contributed by atoms with E-state index in [2.05, 4.69) is 5.32 Å². The Balaban J connectivity index is 1.45. The summed E-state index contributed by atoms with van der Waals surface area (Å²) in [6.45, 7) is 0. The topological polar surface area (TPSA) is 49.4 Å². The van der Waals surface area contributed by atoms with Gasteiger partial charge in [-0.1, -0.05) is 12.1 Å². The molecule has 2 amide bonds. The van der Waals surface area contributed by atoms with E-state index >= 15 is 0 Å². The Hall–Kier alpha value is -2.69. The van der Waals surface area contributed by atoms with Gasteiger partial charge in [-0.25, -0.2) is 4.39 Å². The molecule has 0 spiro atoms. The van der Waals surface area contributed by atoms with E-state index in [-0.39, 0.29) is 29.5 Å². The van der Waals surface area contributed by atoms with Crippen LogP contribution in [0.15, 0.2) is 42.5 Å². The van der Waals surface area contributed by atoms with Crippen LogP contribution in [0, 0.1) is 11.7 Å². The number of carbonyl (C=O) groups is 2. The summed E-state index contributed by atoms with van der Waals surface area (Å²) in [5, 5.41) is 2.96. The second-order valence-electron chi connectivity index (χ2n) is 6.79. The van der Waals surface area contributed by atoms with Gasteiger partial charge in [0.05, 0.1) is 0 Å².